The molecule has 0 radical (unpaired) electrons. The van der Waals surface area contributed by atoms with Gasteiger partial charge in [-0.25, -0.2) is 0 Å². The van der Waals surface area contributed by atoms with Crippen molar-refractivity contribution in [3.8, 4) is 0 Å². The molecule has 1 N–H and O–H groups in total. The normalized spacial score (nSPS) is 15.2. The van der Waals surface area contributed by atoms with E-state index < -0.39 is 0 Å². The van der Waals surface area contributed by atoms with E-state index in [1.807, 2.05) is 25.1 Å². The Morgan fingerprint density at radius 1 is 1.11 bits per heavy atom. The molecule has 1 aliphatic rings. The van der Waals surface area contributed by atoms with Gasteiger partial charge in [-0.15, -0.1) is 0 Å². The minimum absolute atomic E-state index is 0.146. The van der Waals surface area contributed by atoms with E-state index >= 15 is 0 Å². The van der Waals surface area contributed by atoms with Gasteiger partial charge < -0.3 is 19.5 Å². The fourth-order valence-electron chi connectivity index (χ4n) is 3.51. The van der Waals surface area contributed by atoms with Gasteiger partial charge in [0.2, 0.25) is 0 Å². The van der Waals surface area contributed by atoms with Crippen LogP contribution < -0.4 is 10.2 Å². The van der Waals surface area contributed by atoms with Crippen molar-refractivity contribution in [3.63, 3.8) is 0 Å². The zero-order valence-corrected chi connectivity index (χ0v) is 17.5. The highest BCUT2D eigenvalue weighted by Gasteiger charge is 2.20. The number of anilines is 1. The Kier molecular flexibility index (Phi) is 6.75. The van der Waals surface area contributed by atoms with Crippen molar-refractivity contribution in [2.45, 2.75) is 20.4 Å². The molecule has 0 unspecified atom stereocenters. The van der Waals surface area contributed by atoms with Crippen LogP contribution in [-0.4, -0.2) is 69.1 Å². The summed E-state index contributed by atoms with van der Waals surface area (Å²) in [5.74, 6) is 1.09. The molecule has 6 nitrogen and oxygen atoms in total. The van der Waals surface area contributed by atoms with Crippen LogP contribution in [0.25, 0.3) is 0 Å². The van der Waals surface area contributed by atoms with Crippen LogP contribution in [0.2, 0.25) is 0 Å². The Morgan fingerprint density at radius 2 is 1.86 bits per heavy atom. The largest absolute Gasteiger partial charge is 0.455 e. The molecule has 1 aliphatic heterocycles. The lowest BCUT2D eigenvalue weighted by atomic mass is 10.1. The number of likely N-dealkylation sites (N-methyl/N-ethyl adjacent to an activating group) is 1. The van der Waals surface area contributed by atoms with Crippen LogP contribution in [0.1, 0.15) is 27.4 Å². The molecular formula is C22H32N4O2. The van der Waals surface area contributed by atoms with Gasteiger partial charge in [0.1, 0.15) is 5.76 Å². The van der Waals surface area contributed by atoms with E-state index in [4.69, 9.17) is 4.42 Å². The van der Waals surface area contributed by atoms with Crippen molar-refractivity contribution in [3.05, 3.63) is 53.0 Å². The molecule has 6 heteroatoms. The van der Waals surface area contributed by atoms with Gasteiger partial charge in [-0.3, -0.25) is 9.69 Å². The maximum absolute atomic E-state index is 12.1. The first-order chi connectivity index (χ1) is 13.4. The number of rotatable bonds is 7. The number of piperazine rings is 1. The van der Waals surface area contributed by atoms with Crippen LogP contribution in [0.15, 0.2) is 34.7 Å². The lowest BCUT2D eigenvalue weighted by molar-refractivity contribution is 0.0919. The average molecular weight is 385 g/mol. The third-order valence-electron chi connectivity index (χ3n) is 5.40. The molecule has 0 aliphatic carbocycles. The molecule has 1 amide bonds. The Hall–Kier alpha value is -2.31. The van der Waals surface area contributed by atoms with Crippen LogP contribution in [0.4, 0.5) is 5.69 Å². The predicted octanol–water partition coefficient (Wildman–Crippen LogP) is 2.51. The molecule has 0 spiro atoms. The van der Waals surface area contributed by atoms with Crippen LogP contribution in [-0.2, 0) is 6.54 Å². The van der Waals surface area contributed by atoms with Crippen molar-refractivity contribution in [2.75, 3.05) is 58.3 Å². The predicted molar refractivity (Wildman–Crippen MR) is 113 cm³/mol. The van der Waals surface area contributed by atoms with Gasteiger partial charge in [-0.05, 0) is 57.3 Å². The molecule has 2 heterocycles. The fourth-order valence-corrected chi connectivity index (χ4v) is 3.51. The van der Waals surface area contributed by atoms with Crippen LogP contribution in [0.3, 0.4) is 0 Å². The van der Waals surface area contributed by atoms with Crippen molar-refractivity contribution in [1.29, 1.82) is 0 Å². The lowest BCUT2D eigenvalue weighted by Crippen LogP contribution is -2.46. The topological polar surface area (TPSA) is 52.0 Å². The summed E-state index contributed by atoms with van der Waals surface area (Å²) >= 11 is 0. The number of nitrogens with zero attached hydrogens (tertiary/aromatic N) is 3. The highest BCUT2D eigenvalue weighted by molar-refractivity contribution is 5.91. The minimum Gasteiger partial charge on any atom is -0.455 e. The number of hydrogen-bond donors (Lipinski definition) is 1. The van der Waals surface area contributed by atoms with Gasteiger partial charge in [-0.1, -0.05) is 12.1 Å². The van der Waals surface area contributed by atoms with E-state index in [1.165, 1.54) is 16.8 Å². The lowest BCUT2D eigenvalue weighted by Gasteiger charge is -2.36. The van der Waals surface area contributed by atoms with Crippen molar-refractivity contribution in [2.24, 2.45) is 0 Å². The summed E-state index contributed by atoms with van der Waals surface area (Å²) in [6.45, 7) is 10.5. The molecule has 0 atom stereocenters. The molecule has 1 aromatic heterocycles. The van der Waals surface area contributed by atoms with Gasteiger partial charge in [0.25, 0.3) is 5.91 Å². The highest BCUT2D eigenvalue weighted by Crippen LogP contribution is 2.24. The monoisotopic (exact) mass is 384 g/mol. The molecule has 28 heavy (non-hydrogen) atoms. The summed E-state index contributed by atoms with van der Waals surface area (Å²) in [4.78, 5) is 19.0. The molecule has 1 aromatic carbocycles. The van der Waals surface area contributed by atoms with E-state index in [-0.39, 0.29) is 5.91 Å². The van der Waals surface area contributed by atoms with Crippen molar-refractivity contribution in [1.82, 2.24) is 15.1 Å². The quantitative estimate of drug-likeness (QED) is 0.795. The highest BCUT2D eigenvalue weighted by atomic mass is 16.4. The number of carbonyl (C=O) groups is 1. The molecule has 1 saturated heterocycles. The van der Waals surface area contributed by atoms with E-state index in [0.717, 1.165) is 45.0 Å². The summed E-state index contributed by atoms with van der Waals surface area (Å²) in [7, 11) is 3.97. The van der Waals surface area contributed by atoms with Crippen molar-refractivity contribution >= 4 is 11.6 Å². The van der Waals surface area contributed by atoms with E-state index in [1.54, 1.807) is 6.07 Å². The third-order valence-corrected chi connectivity index (χ3v) is 5.40. The number of carbonyl (C=O) groups excluding carboxylic acids is 1. The van der Waals surface area contributed by atoms with Crippen LogP contribution in [0.5, 0.6) is 0 Å². The summed E-state index contributed by atoms with van der Waals surface area (Å²) in [5.41, 5.74) is 4.05. The van der Waals surface area contributed by atoms with E-state index in [9.17, 15) is 4.79 Å². The first-order valence-corrected chi connectivity index (χ1v) is 9.99. The Morgan fingerprint density at radius 3 is 2.57 bits per heavy atom. The second kappa shape index (κ2) is 9.26. The zero-order valence-electron chi connectivity index (χ0n) is 17.5. The number of amides is 1. The second-order valence-electron chi connectivity index (χ2n) is 7.81. The van der Waals surface area contributed by atoms with E-state index in [2.05, 4.69) is 47.2 Å². The Labute approximate surface area is 168 Å². The SMILES string of the molecule is Cc1cccc(N2CCN(Cc3ccc(C(=O)NCCN(C)C)o3)CC2)c1C. The maximum Gasteiger partial charge on any atom is 0.287 e. The van der Waals surface area contributed by atoms with Gasteiger partial charge in [0.15, 0.2) is 5.76 Å². The Bertz CT molecular complexity index is 792. The van der Waals surface area contributed by atoms with Gasteiger partial charge in [-0.2, -0.15) is 0 Å². The van der Waals surface area contributed by atoms with Gasteiger partial charge in [0, 0.05) is 45.0 Å². The second-order valence-corrected chi connectivity index (χ2v) is 7.81. The first kappa shape index (κ1) is 20.4. The minimum atomic E-state index is -0.146. The molecule has 2 aromatic rings. The number of aryl methyl sites for hydroxylation is 1. The molecule has 0 bridgehead atoms. The van der Waals surface area contributed by atoms with E-state index in [0.29, 0.717) is 12.3 Å². The molecule has 3 rings (SSSR count). The maximum atomic E-state index is 12.1. The summed E-state index contributed by atoms with van der Waals surface area (Å²) in [6.07, 6.45) is 0. The summed E-state index contributed by atoms with van der Waals surface area (Å²) in [6, 6.07) is 10.2. The first-order valence-electron chi connectivity index (χ1n) is 9.99. The number of hydrogen-bond acceptors (Lipinski definition) is 5. The molecule has 0 saturated carbocycles. The third kappa shape index (κ3) is 5.14. The fraction of sp³-hybridized carbons (Fsp3) is 0.500. The van der Waals surface area contributed by atoms with Gasteiger partial charge >= 0.3 is 0 Å². The number of furan rings is 1. The summed E-state index contributed by atoms with van der Waals surface area (Å²) in [5, 5.41) is 2.89. The van der Waals surface area contributed by atoms with Gasteiger partial charge in [0.05, 0.1) is 6.54 Å². The smallest absolute Gasteiger partial charge is 0.287 e. The average Bonchev–Trinajstić information content (AvgIpc) is 3.13. The van der Waals surface area contributed by atoms with Crippen molar-refractivity contribution < 1.29 is 9.21 Å². The summed E-state index contributed by atoms with van der Waals surface area (Å²) < 4.78 is 5.77. The standard InChI is InChI=1S/C22H32N4O2/c1-17-6-5-7-20(18(17)2)26-14-12-25(13-15-26)16-19-8-9-21(28-19)22(27)23-10-11-24(3)4/h5-9H,10-16H2,1-4H3,(H,23,27). The number of benzene rings is 1. The molecule has 1 fully saturated rings. The van der Waals surface area contributed by atoms with Crippen LogP contribution in [0, 0.1) is 13.8 Å². The zero-order chi connectivity index (χ0) is 20.1. The molecule has 152 valence electrons. The number of nitrogens with one attached hydrogen (secondary N) is 1. The van der Waals surface area contributed by atoms with Crippen LogP contribution >= 0.6 is 0 Å². The molecular weight excluding hydrogens is 352 g/mol. The Balaban J connectivity index is 1.49.